The van der Waals surface area contributed by atoms with Gasteiger partial charge in [0.1, 0.15) is 18.1 Å². The fourth-order valence-electron chi connectivity index (χ4n) is 3.00. The Morgan fingerprint density at radius 1 is 1.07 bits per heavy atom. The van der Waals surface area contributed by atoms with Crippen molar-refractivity contribution in [2.45, 2.75) is 6.54 Å². The van der Waals surface area contributed by atoms with Gasteiger partial charge in [-0.2, -0.15) is 0 Å². The molecule has 0 aliphatic carbocycles. The molecule has 0 radical (unpaired) electrons. The van der Waals surface area contributed by atoms with Crippen LogP contribution in [0.5, 0.6) is 11.6 Å². The van der Waals surface area contributed by atoms with Gasteiger partial charge >= 0.3 is 5.69 Å². The number of rotatable bonds is 5. The highest BCUT2D eigenvalue weighted by Gasteiger charge is 2.13. The molecule has 2 heterocycles. The van der Waals surface area contributed by atoms with Crippen molar-refractivity contribution in [2.75, 3.05) is 5.32 Å². The van der Waals surface area contributed by atoms with E-state index in [0.29, 0.717) is 22.8 Å². The molecule has 0 bridgehead atoms. The van der Waals surface area contributed by atoms with Crippen molar-refractivity contribution >= 4 is 22.6 Å². The standard InChI is InChI=1S/C21H17FN4O3/c1-25-17-4-2-3-5-18(17)26(21(25)28)13-19(27)24-15-8-11-20(23-12-15)29-16-9-6-14(22)7-10-16/h2-12H,13H2,1H3,(H,24,27). The van der Waals surface area contributed by atoms with Gasteiger partial charge in [-0.05, 0) is 42.5 Å². The van der Waals surface area contributed by atoms with Gasteiger partial charge in [-0.15, -0.1) is 0 Å². The van der Waals surface area contributed by atoms with Crippen molar-refractivity contribution in [1.29, 1.82) is 0 Å². The molecule has 1 N–H and O–H groups in total. The quantitative estimate of drug-likeness (QED) is 0.565. The number of aryl methyl sites for hydroxylation is 1. The van der Waals surface area contributed by atoms with Crippen molar-refractivity contribution in [1.82, 2.24) is 14.1 Å². The van der Waals surface area contributed by atoms with E-state index in [2.05, 4.69) is 10.3 Å². The summed E-state index contributed by atoms with van der Waals surface area (Å²) in [4.78, 5) is 29.0. The van der Waals surface area contributed by atoms with Gasteiger partial charge in [-0.1, -0.05) is 12.1 Å². The van der Waals surface area contributed by atoms with Gasteiger partial charge in [0, 0.05) is 13.1 Å². The average molecular weight is 392 g/mol. The first kappa shape index (κ1) is 18.4. The lowest BCUT2D eigenvalue weighted by Crippen LogP contribution is -2.28. The van der Waals surface area contributed by atoms with Crippen LogP contribution in [0.3, 0.4) is 0 Å². The number of amides is 1. The summed E-state index contributed by atoms with van der Waals surface area (Å²) in [5, 5.41) is 2.71. The van der Waals surface area contributed by atoms with Crippen LogP contribution in [-0.2, 0) is 18.4 Å². The van der Waals surface area contributed by atoms with E-state index >= 15 is 0 Å². The van der Waals surface area contributed by atoms with Crippen LogP contribution in [0, 0.1) is 5.82 Å². The minimum atomic E-state index is -0.353. The number of ether oxygens (including phenoxy) is 1. The monoisotopic (exact) mass is 392 g/mol. The predicted molar refractivity (Wildman–Crippen MR) is 107 cm³/mol. The molecule has 8 heteroatoms. The van der Waals surface area contributed by atoms with Gasteiger partial charge in [0.2, 0.25) is 11.8 Å². The Morgan fingerprint density at radius 2 is 1.79 bits per heavy atom. The second kappa shape index (κ2) is 7.59. The number of nitrogens with zero attached hydrogens (tertiary/aromatic N) is 3. The minimum Gasteiger partial charge on any atom is -0.439 e. The van der Waals surface area contributed by atoms with E-state index < -0.39 is 0 Å². The first-order valence-corrected chi connectivity index (χ1v) is 8.85. The molecular weight excluding hydrogens is 375 g/mol. The summed E-state index contributed by atoms with van der Waals surface area (Å²) in [6, 6.07) is 16.1. The van der Waals surface area contributed by atoms with Crippen molar-refractivity contribution in [2.24, 2.45) is 7.05 Å². The van der Waals surface area contributed by atoms with E-state index in [4.69, 9.17) is 4.74 Å². The second-order valence-electron chi connectivity index (χ2n) is 6.41. The number of hydrogen-bond acceptors (Lipinski definition) is 4. The molecule has 0 unspecified atom stereocenters. The van der Waals surface area contributed by atoms with Gasteiger partial charge in [-0.25, -0.2) is 14.2 Å². The van der Waals surface area contributed by atoms with E-state index in [0.717, 1.165) is 5.52 Å². The highest BCUT2D eigenvalue weighted by molar-refractivity contribution is 5.91. The van der Waals surface area contributed by atoms with Gasteiger partial charge in [0.05, 0.1) is 22.9 Å². The molecular formula is C21H17FN4O3. The lowest BCUT2D eigenvalue weighted by Gasteiger charge is -2.08. The van der Waals surface area contributed by atoms with Crippen LogP contribution in [0.15, 0.2) is 71.7 Å². The van der Waals surface area contributed by atoms with Crippen molar-refractivity contribution in [3.05, 3.63) is 83.2 Å². The predicted octanol–water partition coefficient (Wildman–Crippen LogP) is 3.31. The largest absolute Gasteiger partial charge is 0.439 e. The Balaban J connectivity index is 1.45. The maximum absolute atomic E-state index is 12.9. The molecule has 0 aliphatic heterocycles. The number of carbonyl (C=O) groups is 1. The molecule has 146 valence electrons. The van der Waals surface area contributed by atoms with Crippen LogP contribution in [0.25, 0.3) is 11.0 Å². The van der Waals surface area contributed by atoms with Crippen LogP contribution in [0.2, 0.25) is 0 Å². The first-order chi connectivity index (χ1) is 14.0. The van der Waals surface area contributed by atoms with Crippen LogP contribution in [0.1, 0.15) is 0 Å². The number of imidazole rings is 1. The number of benzene rings is 2. The number of pyridine rings is 1. The molecule has 4 rings (SSSR count). The fourth-order valence-corrected chi connectivity index (χ4v) is 3.00. The zero-order chi connectivity index (χ0) is 20.4. The molecule has 2 aromatic carbocycles. The second-order valence-corrected chi connectivity index (χ2v) is 6.41. The highest BCUT2D eigenvalue weighted by atomic mass is 19.1. The summed E-state index contributed by atoms with van der Waals surface area (Å²) in [6.07, 6.45) is 1.45. The maximum Gasteiger partial charge on any atom is 0.329 e. The molecule has 0 atom stereocenters. The van der Waals surface area contributed by atoms with Crippen LogP contribution < -0.4 is 15.7 Å². The lowest BCUT2D eigenvalue weighted by atomic mass is 10.3. The van der Waals surface area contributed by atoms with E-state index in [9.17, 15) is 14.0 Å². The molecule has 7 nitrogen and oxygen atoms in total. The fraction of sp³-hybridized carbons (Fsp3) is 0.0952. The van der Waals surface area contributed by atoms with E-state index in [1.807, 2.05) is 18.2 Å². The van der Waals surface area contributed by atoms with Crippen LogP contribution in [-0.4, -0.2) is 20.0 Å². The Kier molecular flexibility index (Phi) is 4.82. The van der Waals surface area contributed by atoms with Gasteiger partial charge in [0.25, 0.3) is 0 Å². The smallest absolute Gasteiger partial charge is 0.329 e. The van der Waals surface area contributed by atoms with E-state index in [1.54, 1.807) is 25.2 Å². The molecule has 0 saturated heterocycles. The molecule has 0 fully saturated rings. The number of carbonyl (C=O) groups excluding carboxylic acids is 1. The van der Waals surface area contributed by atoms with E-state index in [1.165, 1.54) is 39.6 Å². The summed E-state index contributed by atoms with van der Waals surface area (Å²) in [5.74, 6) is 0.0528. The summed E-state index contributed by atoms with van der Waals surface area (Å²) < 4.78 is 21.4. The Labute approximate surface area is 165 Å². The third-order valence-corrected chi connectivity index (χ3v) is 4.41. The number of hydrogen-bond donors (Lipinski definition) is 1. The summed E-state index contributed by atoms with van der Waals surface area (Å²) in [7, 11) is 1.67. The number of anilines is 1. The number of halogens is 1. The van der Waals surface area contributed by atoms with Gasteiger partial charge in [-0.3, -0.25) is 13.9 Å². The Morgan fingerprint density at radius 3 is 2.48 bits per heavy atom. The van der Waals surface area contributed by atoms with Crippen molar-refractivity contribution in [3.8, 4) is 11.6 Å². The third-order valence-electron chi connectivity index (χ3n) is 4.41. The highest BCUT2D eigenvalue weighted by Crippen LogP contribution is 2.20. The van der Waals surface area contributed by atoms with Crippen molar-refractivity contribution in [3.63, 3.8) is 0 Å². The molecule has 0 aliphatic rings. The van der Waals surface area contributed by atoms with E-state index in [-0.39, 0.29) is 24.0 Å². The Bertz CT molecular complexity index is 1230. The summed E-state index contributed by atoms with van der Waals surface area (Å²) >= 11 is 0. The topological polar surface area (TPSA) is 78.2 Å². The van der Waals surface area contributed by atoms with Crippen molar-refractivity contribution < 1.29 is 13.9 Å². The normalized spacial score (nSPS) is 10.8. The summed E-state index contributed by atoms with van der Waals surface area (Å²) in [5.41, 5.74) is 1.66. The zero-order valence-corrected chi connectivity index (χ0v) is 15.5. The lowest BCUT2D eigenvalue weighted by molar-refractivity contribution is -0.116. The number of fused-ring (bicyclic) bond motifs is 1. The Hall–Kier alpha value is -3.94. The zero-order valence-electron chi connectivity index (χ0n) is 15.5. The molecule has 29 heavy (non-hydrogen) atoms. The SMILES string of the molecule is Cn1c(=O)n(CC(=O)Nc2ccc(Oc3ccc(F)cc3)nc2)c2ccccc21. The minimum absolute atomic E-state index is 0.117. The molecule has 4 aromatic rings. The van der Waals surface area contributed by atoms with Gasteiger partial charge < -0.3 is 10.1 Å². The maximum atomic E-state index is 12.9. The third kappa shape index (κ3) is 3.86. The molecule has 1 amide bonds. The average Bonchev–Trinajstić information content (AvgIpc) is 2.96. The number of nitrogens with one attached hydrogen (secondary N) is 1. The molecule has 0 spiro atoms. The number of aromatic nitrogens is 3. The summed E-state index contributed by atoms with van der Waals surface area (Å²) in [6.45, 7) is -0.117. The number of para-hydroxylation sites is 2. The van der Waals surface area contributed by atoms with Crippen LogP contribution in [0.4, 0.5) is 10.1 Å². The van der Waals surface area contributed by atoms with Gasteiger partial charge in [0.15, 0.2) is 0 Å². The van der Waals surface area contributed by atoms with Crippen LogP contribution >= 0.6 is 0 Å². The first-order valence-electron chi connectivity index (χ1n) is 8.85. The molecule has 0 saturated carbocycles. The molecule has 2 aromatic heterocycles.